The lowest BCUT2D eigenvalue weighted by Gasteiger charge is -2.43. The predicted molar refractivity (Wildman–Crippen MR) is 252 cm³/mol. The summed E-state index contributed by atoms with van der Waals surface area (Å²) in [5.41, 5.74) is 1.89. The Labute approximate surface area is 366 Å². The zero-order chi connectivity index (χ0) is 43.6. The molecule has 3 saturated heterocycles. The maximum atomic E-state index is 12.7. The number of sulfonamides is 1. The molecule has 0 aromatic carbocycles. The molecule has 0 amide bonds. The minimum absolute atomic E-state index is 0.174. The van der Waals surface area contributed by atoms with Gasteiger partial charge in [0, 0.05) is 92.1 Å². The Morgan fingerprint density at radius 1 is 0.754 bits per heavy atom. The molecule has 1 saturated carbocycles. The van der Waals surface area contributed by atoms with E-state index >= 15 is 0 Å². The van der Waals surface area contributed by atoms with Crippen molar-refractivity contribution in [1.82, 2.24) is 33.4 Å². The van der Waals surface area contributed by atoms with Gasteiger partial charge >= 0.3 is 0 Å². The van der Waals surface area contributed by atoms with Crippen LogP contribution in [0.15, 0.2) is 37.2 Å². The minimum Gasteiger partial charge on any atom is -0.361 e. The van der Waals surface area contributed by atoms with E-state index in [2.05, 4.69) is 99.7 Å². The third kappa shape index (κ3) is 10.8. The summed E-state index contributed by atoms with van der Waals surface area (Å²) in [5, 5.41) is 2.15. The van der Waals surface area contributed by atoms with E-state index in [1.54, 1.807) is 17.0 Å². The predicted octanol–water partition coefficient (Wildman–Crippen LogP) is 6.83. The number of carbonyl (C=O) groups is 1. The van der Waals surface area contributed by atoms with Crippen molar-refractivity contribution in [2.45, 2.75) is 111 Å². The smallest absolute Gasteiger partial charge is 0.217 e. The number of aromatic nitrogens is 6. The number of rotatable bonds is 16. The molecule has 0 spiro atoms. The van der Waals surface area contributed by atoms with Gasteiger partial charge in [-0.3, -0.25) is 0 Å². The molecule has 0 bridgehead atoms. The molecule has 333 valence electrons. The summed E-state index contributed by atoms with van der Waals surface area (Å²) >= 11 is 0. The second-order valence-corrected chi connectivity index (χ2v) is 34.3. The highest BCUT2D eigenvalue weighted by Crippen LogP contribution is 2.49. The van der Waals surface area contributed by atoms with Gasteiger partial charge in [-0.1, -0.05) is 59.6 Å². The molecule has 8 rings (SSSR count). The van der Waals surface area contributed by atoms with Crippen LogP contribution >= 0.6 is 0 Å². The lowest BCUT2D eigenvalue weighted by Crippen LogP contribution is -2.47. The molecule has 4 fully saturated rings. The highest BCUT2D eigenvalue weighted by atomic mass is 32.2. The molecule has 1 aliphatic carbocycles. The summed E-state index contributed by atoms with van der Waals surface area (Å²) < 4.78 is 42.9. The van der Waals surface area contributed by atoms with Gasteiger partial charge in [-0.2, -0.15) is 0 Å². The topological polar surface area (TPSA) is 141 Å². The molecule has 61 heavy (non-hydrogen) atoms. The van der Waals surface area contributed by atoms with Crippen molar-refractivity contribution in [3.63, 3.8) is 0 Å². The molecule has 3 aliphatic heterocycles. The Morgan fingerprint density at radius 3 is 1.80 bits per heavy atom. The Morgan fingerprint density at radius 2 is 1.28 bits per heavy atom. The average molecular weight is 891 g/mol. The van der Waals surface area contributed by atoms with E-state index in [4.69, 9.17) is 9.47 Å². The van der Waals surface area contributed by atoms with E-state index in [0.717, 1.165) is 91.5 Å². The Kier molecular flexibility index (Phi) is 13.9. The second-order valence-electron chi connectivity index (χ2n) is 21.1. The Balaban J connectivity index is 0.000000189. The number of anilines is 2. The molecular weight excluding hydrogens is 822 g/mol. The number of piperidine rings is 2. The van der Waals surface area contributed by atoms with Crippen LogP contribution in [0.3, 0.4) is 0 Å². The average Bonchev–Trinajstić information content (AvgIpc) is 4.00. The SMILES string of the molecule is C[C@@]12CN(c3ncnc4c3ccn4COCC[Si](C)(C)C)CC[C@@H]1CN(S(=O)(=O)C[B]C=O)C2.C[C@]12CCC[C@H]1CCN(c1ncnc3c1ccn3COCC[Si](C)(C)C)C2. The van der Waals surface area contributed by atoms with E-state index in [0.29, 0.717) is 38.2 Å². The fourth-order valence-electron chi connectivity index (χ4n) is 9.96. The molecular formula is C43H69BN9O5SSi2. The van der Waals surface area contributed by atoms with Crippen molar-refractivity contribution in [2.75, 3.05) is 67.9 Å². The van der Waals surface area contributed by atoms with E-state index < -0.39 is 26.2 Å². The molecule has 4 aromatic rings. The summed E-state index contributed by atoms with van der Waals surface area (Å²) in [6.07, 6.45) is 14.3. The second kappa shape index (κ2) is 18.5. The van der Waals surface area contributed by atoms with Crippen molar-refractivity contribution in [3.8, 4) is 0 Å². The summed E-state index contributed by atoms with van der Waals surface area (Å²) in [6.45, 7) is 26.2. The fourth-order valence-corrected chi connectivity index (χ4v) is 12.9. The number of carbonyl (C=O) groups excluding carboxylic acids is 1. The van der Waals surface area contributed by atoms with E-state index in [9.17, 15) is 13.2 Å². The van der Waals surface area contributed by atoms with E-state index in [1.807, 2.05) is 16.8 Å². The van der Waals surface area contributed by atoms with Gasteiger partial charge in [-0.25, -0.2) is 32.7 Å². The summed E-state index contributed by atoms with van der Waals surface area (Å²) in [6, 6.07) is 6.52. The van der Waals surface area contributed by atoms with Gasteiger partial charge in [-0.05, 0) is 67.2 Å². The summed E-state index contributed by atoms with van der Waals surface area (Å²) in [7, 11) is -4.48. The van der Waals surface area contributed by atoms with E-state index in [-0.39, 0.29) is 17.0 Å². The number of hydrogen-bond donors (Lipinski definition) is 0. The van der Waals surface area contributed by atoms with Crippen LogP contribution in [0.1, 0.15) is 46.0 Å². The minimum atomic E-state index is -3.46. The maximum Gasteiger partial charge on any atom is 0.217 e. The van der Waals surface area contributed by atoms with Gasteiger partial charge in [0.15, 0.2) is 0 Å². The lowest BCUT2D eigenvalue weighted by molar-refractivity contribution is 0.0898. The monoisotopic (exact) mass is 890 g/mol. The van der Waals surface area contributed by atoms with Crippen molar-refractivity contribution in [1.29, 1.82) is 0 Å². The molecule has 4 aromatic heterocycles. The van der Waals surface area contributed by atoms with Gasteiger partial charge in [0.25, 0.3) is 0 Å². The molecule has 14 nitrogen and oxygen atoms in total. The van der Waals surface area contributed by atoms with Crippen molar-refractivity contribution >= 4 is 73.3 Å². The van der Waals surface area contributed by atoms with Crippen molar-refractivity contribution in [3.05, 3.63) is 37.2 Å². The Hall–Kier alpha value is -3.16. The number of fused-ring (bicyclic) bond motifs is 4. The molecule has 4 atom stereocenters. The van der Waals surface area contributed by atoms with Crippen LogP contribution < -0.4 is 9.80 Å². The third-order valence-electron chi connectivity index (χ3n) is 13.8. The molecule has 18 heteroatoms. The van der Waals surface area contributed by atoms with E-state index in [1.165, 1.54) is 39.0 Å². The van der Waals surface area contributed by atoms with Crippen LogP contribution in [-0.2, 0) is 37.8 Å². The zero-order valence-corrected chi connectivity index (χ0v) is 40.8. The molecule has 7 heterocycles. The standard InChI is InChI=1S/C22H35BN5O4SSi.C21H34N4OSi/c1-22-12-26(7-5-18(22)11-28(13-22)33(30,31)15-23-14-29)20-19-6-8-27(21(19)25-16-24-20)17-32-9-10-34(2,3)4;1-21-9-5-6-17(21)7-10-24(14-21)19-18-8-11-25(20(18)23-15-22-19)16-26-12-13-27(2,3)4/h6,8,14,16,18H,5,7,9-13,15,17H2,1-4H3;8,11,15,17H,5-7,9-10,12-14,16H2,1-4H3/t18-,22+;17-,21+/m10/s1. The van der Waals surface area contributed by atoms with Crippen LogP contribution in [0.5, 0.6) is 0 Å². The fraction of sp³-hybridized carbons (Fsp3) is 0.698. The van der Waals surface area contributed by atoms with Crippen LogP contribution in [0, 0.1) is 22.7 Å². The largest absolute Gasteiger partial charge is 0.361 e. The van der Waals surface area contributed by atoms with Crippen LogP contribution in [-0.4, -0.2) is 130 Å². The van der Waals surface area contributed by atoms with Crippen molar-refractivity contribution in [2.24, 2.45) is 22.7 Å². The van der Waals surface area contributed by atoms with Crippen LogP contribution in [0.25, 0.3) is 22.1 Å². The highest BCUT2D eigenvalue weighted by molar-refractivity contribution is 7.90. The van der Waals surface area contributed by atoms with Crippen LogP contribution in [0.2, 0.25) is 51.4 Å². The summed E-state index contributed by atoms with van der Waals surface area (Å²) in [4.78, 5) is 33.8. The molecule has 0 unspecified atom stereocenters. The summed E-state index contributed by atoms with van der Waals surface area (Å²) in [5.74, 6) is 3.18. The highest BCUT2D eigenvalue weighted by Gasteiger charge is 2.50. The first-order valence-corrected chi connectivity index (χ1v) is 31.4. The maximum absolute atomic E-state index is 12.7. The third-order valence-corrected chi connectivity index (χ3v) is 18.8. The van der Waals surface area contributed by atoms with Crippen LogP contribution in [0.4, 0.5) is 11.6 Å². The quantitative estimate of drug-likeness (QED) is 0.0664. The first-order chi connectivity index (χ1) is 28.9. The molecule has 0 N–H and O–H groups in total. The molecule has 4 aliphatic rings. The normalized spacial score (nSPS) is 24.8. The Bertz CT molecular complexity index is 2250. The number of nitrogens with zero attached hydrogens (tertiary/aromatic N) is 9. The number of ether oxygens (including phenoxy) is 2. The van der Waals surface area contributed by atoms with Gasteiger partial charge in [0.05, 0.1) is 17.0 Å². The van der Waals surface area contributed by atoms with Gasteiger partial charge in [-0.15, -0.1) is 0 Å². The molecule has 1 radical (unpaired) electrons. The van der Waals surface area contributed by atoms with Gasteiger partial charge in [0.2, 0.25) is 17.3 Å². The number of hydrogen-bond acceptors (Lipinski definition) is 11. The van der Waals surface area contributed by atoms with Gasteiger partial charge in [0.1, 0.15) is 49.0 Å². The van der Waals surface area contributed by atoms with Crippen molar-refractivity contribution < 1.29 is 22.7 Å². The zero-order valence-electron chi connectivity index (χ0n) is 38.0. The first-order valence-electron chi connectivity index (χ1n) is 22.4. The lowest BCUT2D eigenvalue weighted by atomic mass is 9.75. The van der Waals surface area contributed by atoms with Gasteiger partial charge < -0.3 is 33.2 Å². The first kappa shape index (κ1) is 45.8.